The molecule has 164 valence electrons. The number of aryl methyl sites for hydroxylation is 1. The Morgan fingerprint density at radius 2 is 2.13 bits per heavy atom. The topological polar surface area (TPSA) is 87.1 Å². The summed E-state index contributed by atoms with van der Waals surface area (Å²) in [6.07, 6.45) is 3.11. The maximum Gasteiger partial charge on any atom is 0.243 e. The van der Waals surface area contributed by atoms with Crippen molar-refractivity contribution in [3.63, 3.8) is 0 Å². The van der Waals surface area contributed by atoms with Crippen molar-refractivity contribution in [2.24, 2.45) is 0 Å². The molecular weight excluding hydrogens is 410 g/mol. The molecule has 3 N–H and O–H groups in total. The van der Waals surface area contributed by atoms with Crippen LogP contribution in [0.4, 0.5) is 13.9 Å². The Kier molecular flexibility index (Phi) is 7.15. The highest BCUT2D eigenvalue weighted by molar-refractivity contribution is 7.15. The maximum absolute atomic E-state index is 14.2. The predicted molar refractivity (Wildman–Crippen MR) is 113 cm³/mol. The van der Waals surface area contributed by atoms with Crippen molar-refractivity contribution in [3.8, 4) is 0 Å². The van der Waals surface area contributed by atoms with E-state index in [9.17, 15) is 18.7 Å². The van der Waals surface area contributed by atoms with Gasteiger partial charge in [-0.1, -0.05) is 38.5 Å². The highest BCUT2D eigenvalue weighted by Gasteiger charge is 2.28. The average molecular weight is 439 g/mol. The first-order valence-corrected chi connectivity index (χ1v) is 11.0. The van der Waals surface area contributed by atoms with Crippen molar-refractivity contribution < 1.29 is 18.7 Å². The lowest BCUT2D eigenvalue weighted by Gasteiger charge is -2.29. The largest absolute Gasteiger partial charge is 0.395 e. The number of nitrogens with zero attached hydrogens (tertiary/aromatic N) is 2. The molecule has 30 heavy (non-hydrogen) atoms. The number of halogens is 2. The number of hydrogen-bond donors (Lipinski definition) is 3. The first-order chi connectivity index (χ1) is 14.2. The molecule has 0 fully saturated rings. The Bertz CT molecular complexity index is 903. The lowest BCUT2D eigenvalue weighted by Crippen LogP contribution is -2.47. The van der Waals surface area contributed by atoms with E-state index in [-0.39, 0.29) is 18.6 Å². The molecule has 0 bridgehead atoms. The van der Waals surface area contributed by atoms with Crippen molar-refractivity contribution in [2.75, 3.05) is 11.9 Å². The third-order valence-electron chi connectivity index (χ3n) is 5.43. The number of fused-ring (bicyclic) bond motifs is 1. The van der Waals surface area contributed by atoms with E-state index in [4.69, 9.17) is 0 Å². The van der Waals surface area contributed by atoms with E-state index in [1.165, 1.54) is 17.4 Å². The molecule has 2 aromatic rings. The molecule has 9 heteroatoms. The number of aliphatic hydroxyl groups is 1. The molecule has 1 aliphatic carbocycles. The Labute approximate surface area is 179 Å². The van der Waals surface area contributed by atoms with E-state index in [2.05, 4.69) is 20.8 Å². The fraction of sp³-hybridized carbons (Fsp3) is 0.571. The van der Waals surface area contributed by atoms with Crippen molar-refractivity contribution >= 4 is 22.4 Å². The number of aliphatic hydroxyl groups excluding tert-OH is 1. The molecule has 0 spiro atoms. The molecule has 2 unspecified atom stereocenters. The molecule has 1 heterocycles. The van der Waals surface area contributed by atoms with Crippen molar-refractivity contribution in [3.05, 3.63) is 39.9 Å². The minimum Gasteiger partial charge on any atom is -0.395 e. The number of anilines is 1. The molecule has 3 rings (SSSR count). The zero-order valence-electron chi connectivity index (χ0n) is 17.5. The second-order valence-corrected chi connectivity index (χ2v) is 9.39. The highest BCUT2D eigenvalue weighted by Crippen LogP contribution is 2.28. The van der Waals surface area contributed by atoms with Crippen LogP contribution in [-0.4, -0.2) is 39.9 Å². The van der Waals surface area contributed by atoms with Gasteiger partial charge < -0.3 is 10.4 Å². The van der Waals surface area contributed by atoms with Crippen LogP contribution in [0.3, 0.4) is 0 Å². The number of benzene rings is 1. The number of hydrogen-bond acceptors (Lipinski definition) is 6. The zero-order chi connectivity index (χ0) is 21.9. The average Bonchev–Trinajstić information content (AvgIpc) is 3.17. The van der Waals surface area contributed by atoms with Crippen LogP contribution in [0.25, 0.3) is 0 Å². The Hall–Kier alpha value is -1.97. The van der Waals surface area contributed by atoms with Crippen LogP contribution in [-0.2, 0) is 23.1 Å². The van der Waals surface area contributed by atoms with Gasteiger partial charge in [0.15, 0.2) is 0 Å². The second-order valence-electron chi connectivity index (χ2n) is 8.42. The van der Waals surface area contributed by atoms with Gasteiger partial charge in [-0.25, -0.2) is 8.78 Å². The van der Waals surface area contributed by atoms with Gasteiger partial charge in [-0.3, -0.25) is 10.1 Å². The molecule has 0 saturated carbocycles. The summed E-state index contributed by atoms with van der Waals surface area (Å²) >= 11 is 1.24. The van der Waals surface area contributed by atoms with Gasteiger partial charge in [-0.15, -0.1) is 10.2 Å². The van der Waals surface area contributed by atoms with E-state index < -0.39 is 23.1 Å². The summed E-state index contributed by atoms with van der Waals surface area (Å²) in [5, 5.41) is 24.8. The number of amides is 1. The van der Waals surface area contributed by atoms with Gasteiger partial charge in [0.25, 0.3) is 0 Å². The molecule has 2 atom stereocenters. The first-order valence-electron chi connectivity index (χ1n) is 10.2. The summed E-state index contributed by atoms with van der Waals surface area (Å²) in [5.74, 6) is -1.30. The van der Waals surface area contributed by atoms with E-state index in [1.807, 2.05) is 20.8 Å². The van der Waals surface area contributed by atoms with Gasteiger partial charge >= 0.3 is 0 Å². The summed E-state index contributed by atoms with van der Waals surface area (Å²) in [6.45, 7) is 5.63. The van der Waals surface area contributed by atoms with Crippen molar-refractivity contribution in [2.45, 2.75) is 70.4 Å². The lowest BCUT2D eigenvalue weighted by molar-refractivity contribution is -0.118. The fourth-order valence-electron chi connectivity index (χ4n) is 3.60. The number of nitrogens with one attached hydrogen (secondary N) is 2. The number of aromatic nitrogens is 2. The van der Waals surface area contributed by atoms with E-state index >= 15 is 0 Å². The van der Waals surface area contributed by atoms with E-state index in [0.717, 1.165) is 12.5 Å². The Morgan fingerprint density at radius 3 is 2.83 bits per heavy atom. The molecule has 0 aliphatic heterocycles. The van der Waals surface area contributed by atoms with Gasteiger partial charge in [0.1, 0.15) is 16.6 Å². The smallest absolute Gasteiger partial charge is 0.243 e. The standard InChI is InChI=1S/C21H28F2N4O2S/c1-4-5-17(18(29)25-20-27-26-19(30-20)21(2,3)11-28)24-14-7-6-12-8-13(22)9-16(23)15(12)10-14/h8-9,14,17,24,28H,4-7,10-11H2,1-3H3,(H,25,27,29). The van der Waals surface area contributed by atoms with Crippen molar-refractivity contribution in [1.29, 1.82) is 0 Å². The van der Waals surface area contributed by atoms with Gasteiger partial charge in [0.2, 0.25) is 11.0 Å². The van der Waals surface area contributed by atoms with Crippen LogP contribution in [0.1, 0.15) is 56.2 Å². The third kappa shape index (κ3) is 5.19. The summed E-state index contributed by atoms with van der Waals surface area (Å²) in [4.78, 5) is 12.9. The van der Waals surface area contributed by atoms with Crippen LogP contribution in [0.5, 0.6) is 0 Å². The Morgan fingerprint density at radius 1 is 1.37 bits per heavy atom. The third-order valence-corrected chi connectivity index (χ3v) is 6.63. The zero-order valence-corrected chi connectivity index (χ0v) is 18.3. The SMILES string of the molecule is CCCC(NC1CCc2cc(F)cc(F)c2C1)C(=O)Nc1nnc(C(C)(C)CO)s1. The minimum atomic E-state index is -0.554. The first kappa shape index (κ1) is 22.7. The fourth-order valence-corrected chi connectivity index (χ4v) is 4.44. The number of carbonyl (C=O) groups is 1. The second kappa shape index (κ2) is 9.45. The summed E-state index contributed by atoms with van der Waals surface area (Å²) in [6, 6.07) is 1.78. The highest BCUT2D eigenvalue weighted by atomic mass is 32.1. The van der Waals surface area contributed by atoms with Gasteiger partial charge in [0.05, 0.1) is 12.6 Å². The molecule has 1 amide bonds. The van der Waals surface area contributed by atoms with Crippen LogP contribution >= 0.6 is 11.3 Å². The van der Waals surface area contributed by atoms with Gasteiger partial charge in [-0.2, -0.15) is 0 Å². The minimum absolute atomic E-state index is 0.0702. The lowest BCUT2D eigenvalue weighted by atomic mass is 9.87. The normalized spacial score (nSPS) is 17.5. The molecule has 1 aliphatic rings. The summed E-state index contributed by atoms with van der Waals surface area (Å²) in [7, 11) is 0. The van der Waals surface area contributed by atoms with E-state index in [0.29, 0.717) is 46.9 Å². The van der Waals surface area contributed by atoms with E-state index in [1.54, 1.807) is 0 Å². The Balaban J connectivity index is 1.66. The van der Waals surface area contributed by atoms with Crippen LogP contribution < -0.4 is 10.6 Å². The van der Waals surface area contributed by atoms with Gasteiger partial charge in [-0.05, 0) is 42.9 Å². The summed E-state index contributed by atoms with van der Waals surface area (Å²) in [5.41, 5.74) is 0.701. The molecule has 0 radical (unpaired) electrons. The molecule has 0 saturated heterocycles. The molecule has 6 nitrogen and oxygen atoms in total. The molecular formula is C21H28F2N4O2S. The number of rotatable bonds is 8. The van der Waals surface area contributed by atoms with Crippen molar-refractivity contribution in [1.82, 2.24) is 15.5 Å². The van der Waals surface area contributed by atoms with Crippen LogP contribution in [0.15, 0.2) is 12.1 Å². The maximum atomic E-state index is 14.2. The van der Waals surface area contributed by atoms with Crippen LogP contribution in [0, 0.1) is 11.6 Å². The summed E-state index contributed by atoms with van der Waals surface area (Å²) < 4.78 is 27.6. The van der Waals surface area contributed by atoms with Gasteiger partial charge in [0, 0.05) is 17.5 Å². The van der Waals surface area contributed by atoms with Crippen LogP contribution in [0.2, 0.25) is 0 Å². The predicted octanol–water partition coefficient (Wildman–Crippen LogP) is 3.34. The molecule has 1 aromatic carbocycles. The quantitative estimate of drug-likeness (QED) is 0.589. The monoisotopic (exact) mass is 438 g/mol. The molecule has 1 aromatic heterocycles. The number of carbonyl (C=O) groups excluding carboxylic acids is 1.